The molecule has 4 aromatic rings. The van der Waals surface area contributed by atoms with Crippen molar-refractivity contribution in [3.63, 3.8) is 0 Å². The number of carboxylic acid groups (broad SMARTS) is 2. The number of aromatic nitrogens is 4. The maximum Gasteiger partial charge on any atom is 0.435 e. The van der Waals surface area contributed by atoms with E-state index in [0.717, 1.165) is 11.8 Å². The summed E-state index contributed by atoms with van der Waals surface area (Å²) in [5.41, 5.74) is -0.959. The van der Waals surface area contributed by atoms with Crippen molar-refractivity contribution in [3.8, 4) is 16.4 Å². The summed E-state index contributed by atoms with van der Waals surface area (Å²) >= 11 is 2.47. The van der Waals surface area contributed by atoms with E-state index in [1.54, 1.807) is 12.1 Å². The SMILES string of the molecule is O=C(O)c1ccc(-n2c(Sc3nc(C(F)(F)F)c(C(=O)O)s3)nnc2-c2cccs2)cc1. The largest absolute Gasteiger partial charge is 0.478 e. The Bertz CT molecular complexity index is 1300. The number of hydrogen-bond donors (Lipinski definition) is 2. The molecule has 8 nitrogen and oxygen atoms in total. The third-order valence-corrected chi connectivity index (χ3v) is 6.91. The maximum atomic E-state index is 13.2. The van der Waals surface area contributed by atoms with Gasteiger partial charge in [-0.1, -0.05) is 17.4 Å². The topological polar surface area (TPSA) is 118 Å². The fourth-order valence-electron chi connectivity index (χ4n) is 2.65. The molecule has 4 rings (SSSR count). The van der Waals surface area contributed by atoms with E-state index in [1.165, 1.54) is 40.2 Å². The lowest BCUT2D eigenvalue weighted by Crippen LogP contribution is -2.11. The molecular formula is C18H9F3N4O4S3. The number of aromatic carboxylic acids is 2. The summed E-state index contributed by atoms with van der Waals surface area (Å²) in [5, 5.41) is 28.4. The van der Waals surface area contributed by atoms with Gasteiger partial charge in [0.2, 0.25) is 5.16 Å². The smallest absolute Gasteiger partial charge is 0.435 e. The summed E-state index contributed by atoms with van der Waals surface area (Å²) in [6, 6.07) is 9.34. The molecule has 3 aromatic heterocycles. The third-order valence-electron chi connectivity index (χ3n) is 4.00. The molecule has 0 atom stereocenters. The Labute approximate surface area is 189 Å². The zero-order valence-corrected chi connectivity index (χ0v) is 17.8. The van der Waals surface area contributed by atoms with E-state index >= 15 is 0 Å². The van der Waals surface area contributed by atoms with E-state index in [0.29, 0.717) is 27.7 Å². The summed E-state index contributed by atoms with van der Waals surface area (Å²) in [4.78, 5) is 25.7. The molecule has 0 amide bonds. The number of alkyl halides is 3. The van der Waals surface area contributed by atoms with E-state index in [-0.39, 0.29) is 15.1 Å². The van der Waals surface area contributed by atoms with Crippen LogP contribution in [-0.4, -0.2) is 41.9 Å². The molecule has 1 aromatic carbocycles. The molecule has 2 N–H and O–H groups in total. The fraction of sp³-hybridized carbons (Fsp3) is 0.0556. The van der Waals surface area contributed by atoms with Gasteiger partial charge in [0.15, 0.2) is 15.9 Å². The van der Waals surface area contributed by atoms with Gasteiger partial charge in [-0.15, -0.1) is 21.5 Å². The van der Waals surface area contributed by atoms with Gasteiger partial charge in [0.25, 0.3) is 0 Å². The van der Waals surface area contributed by atoms with Gasteiger partial charge in [-0.2, -0.15) is 13.2 Å². The van der Waals surface area contributed by atoms with Crippen LogP contribution in [0.1, 0.15) is 25.7 Å². The first-order valence-electron chi connectivity index (χ1n) is 8.47. The zero-order valence-electron chi connectivity index (χ0n) is 15.4. The van der Waals surface area contributed by atoms with Crippen molar-refractivity contribution in [2.24, 2.45) is 0 Å². The molecule has 14 heteroatoms. The minimum absolute atomic E-state index is 0.0505. The van der Waals surface area contributed by atoms with Crippen molar-refractivity contribution in [1.29, 1.82) is 0 Å². The van der Waals surface area contributed by atoms with Crippen LogP contribution >= 0.6 is 34.4 Å². The highest BCUT2D eigenvalue weighted by Crippen LogP contribution is 2.40. The molecule has 0 saturated carbocycles. The van der Waals surface area contributed by atoms with Gasteiger partial charge in [-0.25, -0.2) is 14.6 Å². The van der Waals surface area contributed by atoms with E-state index < -0.39 is 28.7 Å². The molecule has 0 aliphatic carbocycles. The fourth-order valence-corrected chi connectivity index (χ4v) is 5.30. The van der Waals surface area contributed by atoms with Crippen molar-refractivity contribution < 1.29 is 33.0 Å². The number of thiazole rings is 1. The predicted octanol–water partition coefficient (Wildman–Crippen LogP) is 5.02. The number of carbonyl (C=O) groups is 2. The average Bonchev–Trinajstić information content (AvgIpc) is 3.47. The quantitative estimate of drug-likeness (QED) is 0.381. The standard InChI is InChI=1S/C18H9F3N4O4S3/c19-18(20,21)12-11(15(28)29)31-17(22-12)32-16-24-23-13(10-2-1-7-30-10)25(16)9-5-3-8(4-6-9)14(26)27/h1-7H,(H,26,27)(H,28,29). The Kier molecular flexibility index (Phi) is 5.75. The van der Waals surface area contributed by atoms with Gasteiger partial charge in [0.1, 0.15) is 4.88 Å². The molecule has 0 spiro atoms. The van der Waals surface area contributed by atoms with Gasteiger partial charge in [0.05, 0.1) is 10.4 Å². The highest BCUT2D eigenvalue weighted by molar-refractivity contribution is 8.00. The molecule has 0 aliphatic heterocycles. The molecular weight excluding hydrogens is 489 g/mol. The number of carboxylic acids is 2. The first-order chi connectivity index (χ1) is 15.1. The molecule has 0 aliphatic rings. The van der Waals surface area contributed by atoms with Crippen molar-refractivity contribution in [3.05, 3.63) is 57.9 Å². The van der Waals surface area contributed by atoms with Gasteiger partial charge in [-0.05, 0) is 47.5 Å². The monoisotopic (exact) mass is 498 g/mol. The summed E-state index contributed by atoms with van der Waals surface area (Å²) in [7, 11) is 0. The second kappa shape index (κ2) is 8.37. The summed E-state index contributed by atoms with van der Waals surface area (Å²) in [6.07, 6.45) is -4.93. The van der Waals surface area contributed by atoms with Crippen molar-refractivity contribution in [2.45, 2.75) is 15.7 Å². The second-order valence-electron chi connectivity index (χ2n) is 6.03. The van der Waals surface area contributed by atoms with E-state index in [9.17, 15) is 22.8 Å². The first kappa shape index (κ1) is 22.0. The lowest BCUT2D eigenvalue weighted by molar-refractivity contribution is -0.141. The van der Waals surface area contributed by atoms with E-state index in [4.69, 9.17) is 10.2 Å². The number of rotatable bonds is 6. The van der Waals surface area contributed by atoms with Crippen LogP contribution in [0.2, 0.25) is 0 Å². The van der Waals surface area contributed by atoms with Crippen LogP contribution in [0.25, 0.3) is 16.4 Å². The Morgan fingerprint density at radius 2 is 1.75 bits per heavy atom. The van der Waals surface area contributed by atoms with Crippen molar-refractivity contribution in [2.75, 3.05) is 0 Å². The molecule has 0 fully saturated rings. The van der Waals surface area contributed by atoms with Crippen LogP contribution < -0.4 is 0 Å². The molecule has 32 heavy (non-hydrogen) atoms. The molecule has 0 bridgehead atoms. The molecule has 0 radical (unpaired) electrons. The van der Waals surface area contributed by atoms with Crippen LogP contribution in [0.3, 0.4) is 0 Å². The number of nitrogens with zero attached hydrogens (tertiary/aromatic N) is 4. The lowest BCUT2D eigenvalue weighted by Gasteiger charge is -2.09. The Balaban J connectivity index is 1.80. The summed E-state index contributed by atoms with van der Waals surface area (Å²) in [6.45, 7) is 0. The normalized spacial score (nSPS) is 11.6. The van der Waals surface area contributed by atoms with Crippen LogP contribution in [0.4, 0.5) is 13.2 Å². The third kappa shape index (κ3) is 4.24. The zero-order chi connectivity index (χ0) is 23.0. The van der Waals surface area contributed by atoms with Crippen LogP contribution in [0.15, 0.2) is 51.3 Å². The van der Waals surface area contributed by atoms with Gasteiger partial charge >= 0.3 is 18.1 Å². The van der Waals surface area contributed by atoms with E-state index in [2.05, 4.69) is 15.2 Å². The lowest BCUT2D eigenvalue weighted by atomic mass is 10.2. The van der Waals surface area contributed by atoms with Gasteiger partial charge in [-0.3, -0.25) is 4.57 Å². The van der Waals surface area contributed by atoms with Crippen molar-refractivity contribution in [1.82, 2.24) is 19.7 Å². The minimum atomic E-state index is -4.93. The highest BCUT2D eigenvalue weighted by atomic mass is 32.2. The number of thiophene rings is 1. The molecule has 3 heterocycles. The van der Waals surface area contributed by atoms with Crippen LogP contribution in [0, 0.1) is 0 Å². The molecule has 0 unspecified atom stereocenters. The number of halogens is 3. The highest BCUT2D eigenvalue weighted by Gasteiger charge is 2.40. The predicted molar refractivity (Wildman–Crippen MR) is 110 cm³/mol. The number of hydrogen-bond acceptors (Lipinski definition) is 8. The molecule has 164 valence electrons. The van der Waals surface area contributed by atoms with Crippen LogP contribution in [-0.2, 0) is 6.18 Å². The van der Waals surface area contributed by atoms with Crippen LogP contribution in [0.5, 0.6) is 0 Å². The minimum Gasteiger partial charge on any atom is -0.478 e. The van der Waals surface area contributed by atoms with Gasteiger partial charge < -0.3 is 10.2 Å². The van der Waals surface area contributed by atoms with Crippen molar-refractivity contribution >= 4 is 46.4 Å². The Morgan fingerprint density at radius 3 is 2.28 bits per heavy atom. The van der Waals surface area contributed by atoms with Gasteiger partial charge in [0, 0.05) is 5.69 Å². The second-order valence-corrected chi connectivity index (χ2v) is 9.19. The van der Waals surface area contributed by atoms with E-state index in [1.807, 2.05) is 5.38 Å². The Morgan fingerprint density at radius 1 is 1.03 bits per heavy atom. The molecule has 0 saturated heterocycles. The summed E-state index contributed by atoms with van der Waals surface area (Å²) < 4.78 is 40.9. The Hall–Kier alpha value is -3.23. The summed E-state index contributed by atoms with van der Waals surface area (Å²) in [5.74, 6) is -2.46. The average molecular weight is 498 g/mol. The maximum absolute atomic E-state index is 13.2. The first-order valence-corrected chi connectivity index (χ1v) is 11.0. The number of benzene rings is 1.